The largest absolute Gasteiger partial charge is 0.490 e. The van der Waals surface area contributed by atoms with E-state index in [0.717, 1.165) is 17.7 Å². The van der Waals surface area contributed by atoms with Gasteiger partial charge in [-0.1, -0.05) is 12.1 Å². The topological polar surface area (TPSA) is 29.5 Å². The van der Waals surface area contributed by atoms with Crippen molar-refractivity contribution in [3.63, 3.8) is 0 Å². The Hall–Kier alpha value is -1.02. The van der Waals surface area contributed by atoms with E-state index in [2.05, 4.69) is 0 Å². The molecule has 0 heterocycles. The molecule has 2 heteroatoms. The van der Waals surface area contributed by atoms with Crippen LogP contribution in [0.25, 0.3) is 0 Å². The summed E-state index contributed by atoms with van der Waals surface area (Å²) in [6, 6.07) is 8.06. The number of rotatable bonds is 4. The Kier molecular flexibility index (Phi) is 3.62. The van der Waals surface area contributed by atoms with Crippen molar-refractivity contribution in [3.8, 4) is 5.75 Å². The number of aliphatic hydroxyl groups excluding tert-OH is 1. The van der Waals surface area contributed by atoms with E-state index >= 15 is 0 Å². The number of aliphatic hydroxyl groups is 1. The molecule has 82 valence electrons. The molecule has 0 atom stereocenters. The molecular formula is C13H18O2. The van der Waals surface area contributed by atoms with Gasteiger partial charge < -0.3 is 9.84 Å². The van der Waals surface area contributed by atoms with Crippen LogP contribution in [-0.2, 0) is 6.42 Å². The Morgan fingerprint density at radius 1 is 1.13 bits per heavy atom. The van der Waals surface area contributed by atoms with Crippen LogP contribution in [0.2, 0.25) is 0 Å². The van der Waals surface area contributed by atoms with E-state index in [1.54, 1.807) is 0 Å². The lowest BCUT2D eigenvalue weighted by Crippen LogP contribution is -2.10. The van der Waals surface area contributed by atoms with Gasteiger partial charge in [-0.15, -0.1) is 0 Å². The molecule has 1 aliphatic carbocycles. The van der Waals surface area contributed by atoms with E-state index in [1.165, 1.54) is 25.7 Å². The van der Waals surface area contributed by atoms with Crippen molar-refractivity contribution < 1.29 is 9.84 Å². The summed E-state index contributed by atoms with van der Waals surface area (Å²) in [6.07, 6.45) is 6.13. The van der Waals surface area contributed by atoms with E-state index in [1.807, 2.05) is 24.3 Å². The second-order valence-electron chi connectivity index (χ2n) is 4.14. The molecule has 0 spiro atoms. The van der Waals surface area contributed by atoms with Gasteiger partial charge in [0.25, 0.3) is 0 Å². The van der Waals surface area contributed by atoms with Crippen molar-refractivity contribution in [1.82, 2.24) is 0 Å². The Balaban J connectivity index is 1.91. The fourth-order valence-corrected chi connectivity index (χ4v) is 2.06. The highest BCUT2D eigenvalue weighted by atomic mass is 16.5. The third-order valence-electron chi connectivity index (χ3n) is 2.93. The van der Waals surface area contributed by atoms with Gasteiger partial charge in [-0.05, 0) is 49.8 Å². The summed E-state index contributed by atoms with van der Waals surface area (Å²) in [5, 5.41) is 8.79. The van der Waals surface area contributed by atoms with E-state index in [9.17, 15) is 0 Å². The fourth-order valence-electron chi connectivity index (χ4n) is 2.06. The van der Waals surface area contributed by atoms with Crippen LogP contribution in [0.4, 0.5) is 0 Å². The molecule has 2 rings (SSSR count). The Morgan fingerprint density at radius 2 is 1.80 bits per heavy atom. The highest BCUT2D eigenvalue weighted by molar-refractivity contribution is 5.27. The molecule has 1 aromatic rings. The average molecular weight is 206 g/mol. The Labute approximate surface area is 90.9 Å². The van der Waals surface area contributed by atoms with Crippen molar-refractivity contribution in [2.45, 2.75) is 38.2 Å². The first-order valence-corrected chi connectivity index (χ1v) is 5.75. The molecule has 0 radical (unpaired) electrons. The number of ether oxygens (including phenoxy) is 1. The number of hydrogen-bond donors (Lipinski definition) is 1. The summed E-state index contributed by atoms with van der Waals surface area (Å²) in [7, 11) is 0. The first-order chi connectivity index (χ1) is 7.38. The molecule has 1 aromatic carbocycles. The van der Waals surface area contributed by atoms with Crippen LogP contribution in [-0.4, -0.2) is 17.8 Å². The first kappa shape index (κ1) is 10.5. The van der Waals surface area contributed by atoms with Gasteiger partial charge in [-0.3, -0.25) is 0 Å². The van der Waals surface area contributed by atoms with Crippen molar-refractivity contribution in [3.05, 3.63) is 29.8 Å². The van der Waals surface area contributed by atoms with Gasteiger partial charge in [0.2, 0.25) is 0 Å². The first-order valence-electron chi connectivity index (χ1n) is 5.75. The number of hydrogen-bond acceptors (Lipinski definition) is 2. The van der Waals surface area contributed by atoms with E-state index in [-0.39, 0.29) is 6.61 Å². The molecule has 1 aliphatic rings. The van der Waals surface area contributed by atoms with E-state index in [4.69, 9.17) is 9.84 Å². The minimum Gasteiger partial charge on any atom is -0.490 e. The summed E-state index contributed by atoms with van der Waals surface area (Å²) >= 11 is 0. The summed E-state index contributed by atoms with van der Waals surface area (Å²) in [5.74, 6) is 0.962. The second-order valence-corrected chi connectivity index (χ2v) is 4.14. The smallest absolute Gasteiger partial charge is 0.119 e. The Bertz CT molecular complexity index is 286. The van der Waals surface area contributed by atoms with Gasteiger partial charge in [0.1, 0.15) is 5.75 Å². The summed E-state index contributed by atoms with van der Waals surface area (Å²) in [6.45, 7) is 0.211. The third-order valence-corrected chi connectivity index (χ3v) is 2.93. The number of benzene rings is 1. The molecule has 0 aliphatic heterocycles. The SMILES string of the molecule is OCCc1ccc(OC2CCCC2)cc1. The van der Waals surface area contributed by atoms with E-state index in [0.29, 0.717) is 6.10 Å². The fraction of sp³-hybridized carbons (Fsp3) is 0.538. The highest BCUT2D eigenvalue weighted by Crippen LogP contribution is 2.24. The van der Waals surface area contributed by atoms with Gasteiger partial charge in [0.15, 0.2) is 0 Å². The highest BCUT2D eigenvalue weighted by Gasteiger charge is 2.16. The monoisotopic (exact) mass is 206 g/mol. The van der Waals surface area contributed by atoms with Gasteiger partial charge in [-0.2, -0.15) is 0 Å². The van der Waals surface area contributed by atoms with Crippen molar-refractivity contribution in [2.75, 3.05) is 6.61 Å². The van der Waals surface area contributed by atoms with Crippen LogP contribution < -0.4 is 4.74 Å². The van der Waals surface area contributed by atoms with Crippen molar-refractivity contribution in [1.29, 1.82) is 0 Å². The maximum Gasteiger partial charge on any atom is 0.119 e. The molecule has 0 amide bonds. The zero-order valence-corrected chi connectivity index (χ0v) is 8.98. The lowest BCUT2D eigenvalue weighted by molar-refractivity contribution is 0.210. The molecule has 1 fully saturated rings. The minimum atomic E-state index is 0.211. The normalized spacial score (nSPS) is 16.9. The summed E-state index contributed by atoms with van der Waals surface area (Å²) in [4.78, 5) is 0. The zero-order chi connectivity index (χ0) is 10.5. The quantitative estimate of drug-likeness (QED) is 0.820. The van der Waals surface area contributed by atoms with Crippen LogP contribution in [0, 0.1) is 0 Å². The molecule has 0 unspecified atom stereocenters. The minimum absolute atomic E-state index is 0.211. The summed E-state index contributed by atoms with van der Waals surface area (Å²) < 4.78 is 5.85. The molecule has 15 heavy (non-hydrogen) atoms. The van der Waals surface area contributed by atoms with Gasteiger partial charge >= 0.3 is 0 Å². The van der Waals surface area contributed by atoms with Gasteiger partial charge in [-0.25, -0.2) is 0 Å². The zero-order valence-electron chi connectivity index (χ0n) is 8.98. The van der Waals surface area contributed by atoms with Crippen LogP contribution in [0.1, 0.15) is 31.2 Å². The lowest BCUT2D eigenvalue weighted by Gasteiger charge is -2.13. The standard InChI is InChI=1S/C13H18O2/c14-10-9-11-5-7-13(8-6-11)15-12-3-1-2-4-12/h5-8,12,14H,1-4,9-10H2. The molecule has 0 bridgehead atoms. The Morgan fingerprint density at radius 3 is 2.40 bits per heavy atom. The van der Waals surface area contributed by atoms with Gasteiger partial charge in [0.05, 0.1) is 6.10 Å². The second kappa shape index (κ2) is 5.17. The van der Waals surface area contributed by atoms with Crippen LogP contribution in [0.3, 0.4) is 0 Å². The average Bonchev–Trinajstić information content (AvgIpc) is 2.74. The van der Waals surface area contributed by atoms with Crippen LogP contribution >= 0.6 is 0 Å². The van der Waals surface area contributed by atoms with Crippen molar-refractivity contribution >= 4 is 0 Å². The molecule has 0 saturated heterocycles. The van der Waals surface area contributed by atoms with Gasteiger partial charge in [0, 0.05) is 6.61 Å². The summed E-state index contributed by atoms with van der Waals surface area (Å²) in [5.41, 5.74) is 1.16. The maximum atomic E-state index is 8.79. The van der Waals surface area contributed by atoms with E-state index < -0.39 is 0 Å². The maximum absolute atomic E-state index is 8.79. The molecular weight excluding hydrogens is 188 g/mol. The molecule has 0 aromatic heterocycles. The molecule has 1 N–H and O–H groups in total. The predicted molar refractivity (Wildman–Crippen MR) is 60.1 cm³/mol. The molecule has 1 saturated carbocycles. The third kappa shape index (κ3) is 2.96. The lowest BCUT2D eigenvalue weighted by atomic mass is 10.1. The molecule has 2 nitrogen and oxygen atoms in total. The van der Waals surface area contributed by atoms with Crippen LogP contribution in [0.5, 0.6) is 5.75 Å². The predicted octanol–water partition coefficient (Wildman–Crippen LogP) is 2.54. The van der Waals surface area contributed by atoms with Crippen molar-refractivity contribution in [2.24, 2.45) is 0 Å². The van der Waals surface area contributed by atoms with Crippen LogP contribution in [0.15, 0.2) is 24.3 Å².